The van der Waals surface area contributed by atoms with Gasteiger partial charge in [0.25, 0.3) is 0 Å². The van der Waals surface area contributed by atoms with Gasteiger partial charge in [0.15, 0.2) is 17.2 Å². The number of fused-ring (bicyclic) bond motifs is 1. The molecule has 0 aliphatic heterocycles. The van der Waals surface area contributed by atoms with Gasteiger partial charge in [-0.3, -0.25) is 0 Å². The van der Waals surface area contributed by atoms with Crippen molar-refractivity contribution in [3.63, 3.8) is 0 Å². The number of aromatic nitrogens is 4. The minimum Gasteiger partial charge on any atom is -0.377 e. The topological polar surface area (TPSA) is 76.8 Å². The number of rotatable bonds is 3. The van der Waals surface area contributed by atoms with E-state index in [9.17, 15) is 0 Å². The minimum absolute atomic E-state index is 0.215. The number of H-pyrrole nitrogens is 1. The summed E-state index contributed by atoms with van der Waals surface area (Å²) in [7, 11) is 1.58. The molecule has 0 fully saturated rings. The number of halogens is 2. The van der Waals surface area contributed by atoms with Gasteiger partial charge in [-0.05, 0) is 6.07 Å². The van der Waals surface area contributed by atoms with Gasteiger partial charge in [0.05, 0.1) is 10.5 Å². The highest BCUT2D eigenvalue weighted by molar-refractivity contribution is 6.41. The molecule has 0 saturated carbocycles. The predicted molar refractivity (Wildman–Crippen MR) is 70.1 cm³/mol. The van der Waals surface area contributed by atoms with Gasteiger partial charge in [-0.25, -0.2) is 9.97 Å². The highest BCUT2D eigenvalue weighted by Gasteiger charge is 2.13. The second-order valence-corrected chi connectivity index (χ2v) is 4.59. The molecule has 3 heterocycles. The van der Waals surface area contributed by atoms with Gasteiger partial charge in [-0.2, -0.15) is 0 Å². The van der Waals surface area contributed by atoms with Gasteiger partial charge in [0.1, 0.15) is 17.5 Å². The van der Waals surface area contributed by atoms with Gasteiger partial charge >= 0.3 is 0 Å². The molecule has 6 nitrogen and oxygen atoms in total. The van der Waals surface area contributed by atoms with Crippen molar-refractivity contribution in [3.05, 3.63) is 28.1 Å². The van der Waals surface area contributed by atoms with E-state index in [1.54, 1.807) is 19.2 Å². The fraction of sp³-hybridized carbons (Fsp3) is 0.182. The molecule has 19 heavy (non-hydrogen) atoms. The van der Waals surface area contributed by atoms with Crippen LogP contribution in [0.3, 0.4) is 0 Å². The summed E-state index contributed by atoms with van der Waals surface area (Å²) in [5, 5.41) is 4.48. The van der Waals surface area contributed by atoms with E-state index < -0.39 is 0 Å². The van der Waals surface area contributed by atoms with Crippen LogP contribution in [0, 0.1) is 0 Å². The Labute approximate surface area is 117 Å². The third-order valence-electron chi connectivity index (χ3n) is 2.47. The van der Waals surface area contributed by atoms with Crippen LogP contribution in [0.15, 0.2) is 16.7 Å². The van der Waals surface area contributed by atoms with Crippen molar-refractivity contribution in [1.82, 2.24) is 20.1 Å². The third-order valence-corrected chi connectivity index (χ3v) is 3.15. The van der Waals surface area contributed by atoms with E-state index in [1.165, 1.54) is 0 Å². The monoisotopic (exact) mass is 298 g/mol. The van der Waals surface area contributed by atoms with Crippen LogP contribution in [-0.2, 0) is 11.3 Å². The summed E-state index contributed by atoms with van der Waals surface area (Å²) in [6.07, 6.45) is 0. The Balaban J connectivity index is 2.04. The van der Waals surface area contributed by atoms with Gasteiger partial charge in [0.2, 0.25) is 0 Å². The standard InChI is InChI=1S/C11H8Cl2N4O2/c1-18-4-5-2-8(17-19-5)11-14-7-3-6(12)9(13)15-10(7)16-11/h2-3H,4H2,1H3,(H,14,15,16). The summed E-state index contributed by atoms with van der Waals surface area (Å²) >= 11 is 11.7. The van der Waals surface area contributed by atoms with Crippen molar-refractivity contribution >= 4 is 34.4 Å². The number of methoxy groups -OCH3 is 1. The Kier molecular flexibility index (Phi) is 3.14. The van der Waals surface area contributed by atoms with E-state index in [0.717, 1.165) is 0 Å². The molecule has 3 aromatic rings. The van der Waals surface area contributed by atoms with Crippen molar-refractivity contribution in [2.75, 3.05) is 7.11 Å². The first-order valence-electron chi connectivity index (χ1n) is 5.34. The predicted octanol–water partition coefficient (Wildman–Crippen LogP) is 3.07. The fourth-order valence-corrected chi connectivity index (χ4v) is 1.94. The van der Waals surface area contributed by atoms with E-state index in [2.05, 4.69) is 20.1 Å². The number of nitrogens with zero attached hydrogens (tertiary/aromatic N) is 3. The molecular weight excluding hydrogens is 291 g/mol. The van der Waals surface area contributed by atoms with Gasteiger partial charge in [-0.1, -0.05) is 28.4 Å². The molecule has 0 bridgehead atoms. The Morgan fingerprint density at radius 1 is 1.32 bits per heavy atom. The molecule has 0 unspecified atom stereocenters. The van der Waals surface area contributed by atoms with Crippen LogP contribution in [0.4, 0.5) is 0 Å². The van der Waals surface area contributed by atoms with Crippen LogP contribution >= 0.6 is 23.2 Å². The lowest BCUT2D eigenvalue weighted by atomic mass is 10.3. The lowest BCUT2D eigenvalue weighted by molar-refractivity contribution is 0.156. The molecule has 98 valence electrons. The van der Waals surface area contributed by atoms with E-state index in [1.807, 2.05) is 0 Å². The summed E-state index contributed by atoms with van der Waals surface area (Å²) in [6, 6.07) is 3.41. The van der Waals surface area contributed by atoms with Gasteiger partial charge in [0, 0.05) is 13.2 Å². The van der Waals surface area contributed by atoms with Crippen molar-refractivity contribution < 1.29 is 9.26 Å². The van der Waals surface area contributed by atoms with Crippen molar-refractivity contribution in [1.29, 1.82) is 0 Å². The first-order chi connectivity index (χ1) is 9.17. The van der Waals surface area contributed by atoms with Crippen LogP contribution in [0.2, 0.25) is 10.2 Å². The van der Waals surface area contributed by atoms with Crippen LogP contribution in [0.1, 0.15) is 5.76 Å². The van der Waals surface area contributed by atoms with Gasteiger partial charge < -0.3 is 14.2 Å². The van der Waals surface area contributed by atoms with Crippen molar-refractivity contribution in [3.8, 4) is 11.5 Å². The van der Waals surface area contributed by atoms with Crippen LogP contribution in [0.5, 0.6) is 0 Å². The summed E-state index contributed by atoms with van der Waals surface area (Å²) in [4.78, 5) is 11.4. The number of aromatic amines is 1. The number of hydrogen-bond acceptors (Lipinski definition) is 5. The quantitative estimate of drug-likeness (QED) is 0.752. The smallest absolute Gasteiger partial charge is 0.179 e. The van der Waals surface area contributed by atoms with Gasteiger partial charge in [-0.15, -0.1) is 0 Å². The lowest BCUT2D eigenvalue weighted by Gasteiger charge is -1.92. The zero-order chi connectivity index (χ0) is 13.4. The number of nitrogens with one attached hydrogen (secondary N) is 1. The first-order valence-corrected chi connectivity index (χ1v) is 6.09. The average Bonchev–Trinajstić information content (AvgIpc) is 2.97. The highest BCUT2D eigenvalue weighted by Crippen LogP contribution is 2.25. The van der Waals surface area contributed by atoms with E-state index in [4.69, 9.17) is 32.5 Å². The summed E-state index contributed by atoms with van der Waals surface area (Å²) < 4.78 is 10.1. The SMILES string of the molecule is COCc1cc(-c2nc3nc(Cl)c(Cl)cc3[nH]2)no1. The molecule has 3 rings (SSSR count). The molecule has 0 aromatic carbocycles. The van der Waals surface area contributed by atoms with E-state index >= 15 is 0 Å². The highest BCUT2D eigenvalue weighted by atomic mass is 35.5. The number of pyridine rings is 1. The molecule has 0 amide bonds. The Hall–Kier alpha value is -1.63. The van der Waals surface area contributed by atoms with E-state index in [0.29, 0.717) is 40.1 Å². The molecule has 0 atom stereocenters. The summed E-state index contributed by atoms with van der Waals surface area (Å²) in [5.41, 5.74) is 1.72. The van der Waals surface area contributed by atoms with Crippen LogP contribution < -0.4 is 0 Å². The molecule has 0 aliphatic rings. The van der Waals surface area contributed by atoms with Crippen LogP contribution in [0.25, 0.3) is 22.7 Å². The molecule has 3 aromatic heterocycles. The zero-order valence-corrected chi connectivity index (χ0v) is 11.3. The fourth-order valence-electron chi connectivity index (χ4n) is 1.65. The molecule has 1 N–H and O–H groups in total. The maximum Gasteiger partial charge on any atom is 0.179 e. The minimum atomic E-state index is 0.215. The number of hydrogen-bond donors (Lipinski definition) is 1. The molecule has 0 saturated heterocycles. The maximum absolute atomic E-state index is 5.90. The Morgan fingerprint density at radius 3 is 2.95 bits per heavy atom. The second kappa shape index (κ2) is 4.80. The molecule has 0 radical (unpaired) electrons. The van der Waals surface area contributed by atoms with Crippen LogP contribution in [-0.4, -0.2) is 27.2 Å². The Bertz CT molecular complexity index is 698. The number of ether oxygens (including phenoxy) is 1. The normalized spacial score (nSPS) is 11.3. The third kappa shape index (κ3) is 2.30. The number of imidazole rings is 1. The Morgan fingerprint density at radius 2 is 2.16 bits per heavy atom. The maximum atomic E-state index is 5.90. The molecule has 0 aliphatic carbocycles. The zero-order valence-electron chi connectivity index (χ0n) is 9.78. The van der Waals surface area contributed by atoms with E-state index in [-0.39, 0.29) is 5.15 Å². The second-order valence-electron chi connectivity index (χ2n) is 3.83. The van der Waals surface area contributed by atoms with Crippen molar-refractivity contribution in [2.45, 2.75) is 6.61 Å². The lowest BCUT2D eigenvalue weighted by Crippen LogP contribution is -1.82. The summed E-state index contributed by atoms with van der Waals surface area (Å²) in [6.45, 7) is 0.350. The molecular formula is C11H8Cl2N4O2. The molecule has 8 heteroatoms. The average molecular weight is 299 g/mol. The molecule has 0 spiro atoms. The largest absolute Gasteiger partial charge is 0.377 e. The summed E-state index contributed by atoms with van der Waals surface area (Å²) in [5.74, 6) is 1.15. The van der Waals surface area contributed by atoms with Crippen molar-refractivity contribution in [2.24, 2.45) is 0 Å². The first kappa shape index (κ1) is 12.4.